The van der Waals surface area contributed by atoms with Crippen LogP contribution in [0.4, 0.5) is 4.39 Å². The van der Waals surface area contributed by atoms with Crippen LogP contribution in [0.25, 0.3) is 0 Å². The van der Waals surface area contributed by atoms with Crippen molar-refractivity contribution in [3.05, 3.63) is 0 Å². The van der Waals surface area contributed by atoms with Crippen molar-refractivity contribution in [3.8, 4) is 0 Å². The van der Waals surface area contributed by atoms with E-state index in [1.807, 2.05) is 0 Å². The van der Waals surface area contributed by atoms with Crippen LogP contribution in [0.5, 0.6) is 0 Å². The van der Waals surface area contributed by atoms with Crippen molar-refractivity contribution in [2.75, 3.05) is 13.2 Å². The molecule has 0 saturated carbocycles. The van der Waals surface area contributed by atoms with Crippen molar-refractivity contribution in [2.24, 2.45) is 5.73 Å². The lowest BCUT2D eigenvalue weighted by Gasteiger charge is -2.23. The molecule has 3 nitrogen and oxygen atoms in total. The predicted octanol–water partition coefficient (Wildman–Crippen LogP) is -0.974. The summed E-state index contributed by atoms with van der Waals surface area (Å²) in [5.41, 5.74) is 3.20. The van der Waals surface area contributed by atoms with Gasteiger partial charge in [-0.3, -0.25) is 0 Å². The van der Waals surface area contributed by atoms with Crippen LogP contribution < -0.4 is 5.73 Å². The van der Waals surface area contributed by atoms with E-state index in [0.29, 0.717) is 0 Å². The van der Waals surface area contributed by atoms with Gasteiger partial charge in [0.2, 0.25) is 0 Å². The summed E-state index contributed by atoms with van der Waals surface area (Å²) in [6.45, 7) is 0.323. The Kier molecular flexibility index (Phi) is 3.03. The van der Waals surface area contributed by atoms with Gasteiger partial charge in [0.25, 0.3) is 0 Å². The maximum absolute atomic E-state index is 12.4. The standard InChI is InChI=1S/C5H12FNO2/c1-5(9,3-8)4(6)2-7/h4,8-9H,2-3,7H2,1H3. The molecule has 4 heteroatoms. The molecule has 0 saturated heterocycles. The average molecular weight is 137 g/mol. The number of hydrogen-bond acceptors (Lipinski definition) is 3. The third-order valence-electron chi connectivity index (χ3n) is 1.20. The lowest BCUT2D eigenvalue weighted by molar-refractivity contribution is -0.0556. The second-order valence-electron chi connectivity index (χ2n) is 2.22. The van der Waals surface area contributed by atoms with E-state index in [1.54, 1.807) is 0 Å². The summed E-state index contributed by atoms with van der Waals surface area (Å²) in [6.07, 6.45) is -1.55. The van der Waals surface area contributed by atoms with Crippen LogP contribution in [0.1, 0.15) is 6.92 Å². The number of nitrogens with two attached hydrogens (primary N) is 1. The summed E-state index contributed by atoms with van der Waals surface area (Å²) in [7, 11) is 0. The SMILES string of the molecule is CC(O)(CO)C(F)CN. The maximum Gasteiger partial charge on any atom is 0.143 e. The lowest BCUT2D eigenvalue weighted by atomic mass is 10.0. The molecule has 0 amide bonds. The summed E-state index contributed by atoms with van der Waals surface area (Å²) in [6, 6.07) is 0. The van der Waals surface area contributed by atoms with E-state index in [1.165, 1.54) is 6.92 Å². The third kappa shape index (κ3) is 2.26. The summed E-state index contributed by atoms with van der Waals surface area (Å²) in [5, 5.41) is 17.2. The zero-order valence-electron chi connectivity index (χ0n) is 5.34. The van der Waals surface area contributed by atoms with Crippen LogP contribution >= 0.6 is 0 Å². The Morgan fingerprint density at radius 2 is 2.22 bits per heavy atom. The highest BCUT2D eigenvalue weighted by molar-refractivity contribution is 4.81. The number of alkyl halides is 1. The van der Waals surface area contributed by atoms with Crippen molar-refractivity contribution in [1.29, 1.82) is 0 Å². The third-order valence-corrected chi connectivity index (χ3v) is 1.20. The Bertz CT molecular complexity index is 87.0. The molecular weight excluding hydrogens is 125 g/mol. The molecular formula is C5H12FNO2. The van der Waals surface area contributed by atoms with Crippen molar-refractivity contribution < 1.29 is 14.6 Å². The molecule has 2 unspecified atom stereocenters. The van der Waals surface area contributed by atoms with Gasteiger partial charge >= 0.3 is 0 Å². The Balaban J connectivity index is 3.80. The monoisotopic (exact) mass is 137 g/mol. The summed E-state index contributed by atoms with van der Waals surface area (Å²) in [5.74, 6) is 0. The quantitative estimate of drug-likeness (QED) is 0.468. The highest BCUT2D eigenvalue weighted by atomic mass is 19.1. The number of rotatable bonds is 3. The predicted molar refractivity (Wildman–Crippen MR) is 31.7 cm³/mol. The first-order valence-corrected chi connectivity index (χ1v) is 2.72. The number of halogens is 1. The molecule has 56 valence electrons. The van der Waals surface area contributed by atoms with Crippen LogP contribution in [-0.2, 0) is 0 Å². The first-order valence-electron chi connectivity index (χ1n) is 2.72. The largest absolute Gasteiger partial charge is 0.393 e. The van der Waals surface area contributed by atoms with Crippen LogP contribution in [0.15, 0.2) is 0 Å². The number of hydrogen-bond donors (Lipinski definition) is 3. The van der Waals surface area contributed by atoms with E-state index in [2.05, 4.69) is 0 Å². The van der Waals surface area contributed by atoms with E-state index >= 15 is 0 Å². The van der Waals surface area contributed by atoms with Gasteiger partial charge in [-0.2, -0.15) is 0 Å². The van der Waals surface area contributed by atoms with Gasteiger partial charge in [0.05, 0.1) is 6.61 Å². The topological polar surface area (TPSA) is 66.5 Å². The van der Waals surface area contributed by atoms with Gasteiger partial charge in [-0.05, 0) is 6.92 Å². The molecule has 0 spiro atoms. The van der Waals surface area contributed by atoms with E-state index in [0.717, 1.165) is 0 Å². The van der Waals surface area contributed by atoms with Gasteiger partial charge < -0.3 is 15.9 Å². The normalized spacial score (nSPS) is 21.0. The fraction of sp³-hybridized carbons (Fsp3) is 1.00. The number of aliphatic hydroxyl groups excluding tert-OH is 1. The van der Waals surface area contributed by atoms with E-state index in [-0.39, 0.29) is 6.54 Å². The lowest BCUT2D eigenvalue weighted by Crippen LogP contribution is -2.44. The fourth-order valence-corrected chi connectivity index (χ4v) is 0.353. The van der Waals surface area contributed by atoms with Crippen LogP contribution in [0.3, 0.4) is 0 Å². The molecule has 0 aromatic carbocycles. The molecule has 0 heterocycles. The Labute approximate surface area is 53.3 Å². The first-order chi connectivity index (χ1) is 4.04. The van der Waals surface area contributed by atoms with Crippen molar-refractivity contribution in [2.45, 2.75) is 18.7 Å². The molecule has 0 aromatic rings. The number of aliphatic hydroxyl groups is 2. The van der Waals surface area contributed by atoms with Crippen molar-refractivity contribution in [3.63, 3.8) is 0 Å². The van der Waals surface area contributed by atoms with Gasteiger partial charge in [0.1, 0.15) is 11.8 Å². The second kappa shape index (κ2) is 3.10. The Morgan fingerprint density at radius 3 is 2.33 bits per heavy atom. The summed E-state index contributed by atoms with van der Waals surface area (Å²) >= 11 is 0. The molecule has 0 aliphatic heterocycles. The van der Waals surface area contributed by atoms with E-state index in [9.17, 15) is 4.39 Å². The highest BCUT2D eigenvalue weighted by Gasteiger charge is 2.29. The minimum atomic E-state index is -1.69. The van der Waals surface area contributed by atoms with Crippen LogP contribution in [0.2, 0.25) is 0 Å². The smallest absolute Gasteiger partial charge is 0.143 e. The fourth-order valence-electron chi connectivity index (χ4n) is 0.353. The van der Waals surface area contributed by atoms with Gasteiger partial charge in [-0.15, -0.1) is 0 Å². The highest BCUT2D eigenvalue weighted by Crippen LogP contribution is 2.10. The molecule has 0 aliphatic carbocycles. The summed E-state index contributed by atoms with van der Waals surface area (Å²) < 4.78 is 12.4. The van der Waals surface area contributed by atoms with E-state index < -0.39 is 18.4 Å². The van der Waals surface area contributed by atoms with Gasteiger partial charge in [-0.1, -0.05) is 0 Å². The molecule has 0 aliphatic rings. The van der Waals surface area contributed by atoms with Crippen molar-refractivity contribution in [1.82, 2.24) is 0 Å². The Morgan fingerprint density at radius 1 is 1.78 bits per heavy atom. The summed E-state index contributed by atoms with van der Waals surface area (Å²) in [4.78, 5) is 0. The van der Waals surface area contributed by atoms with Crippen LogP contribution in [-0.4, -0.2) is 35.1 Å². The average Bonchev–Trinajstić information content (AvgIpc) is 1.86. The van der Waals surface area contributed by atoms with Gasteiger partial charge in [-0.25, -0.2) is 4.39 Å². The molecule has 0 bridgehead atoms. The molecule has 0 rings (SSSR count). The Hall–Kier alpha value is -0.190. The minimum Gasteiger partial charge on any atom is -0.393 e. The maximum atomic E-state index is 12.4. The molecule has 0 aromatic heterocycles. The molecule has 0 radical (unpaired) electrons. The zero-order valence-corrected chi connectivity index (χ0v) is 5.34. The second-order valence-corrected chi connectivity index (χ2v) is 2.22. The first kappa shape index (κ1) is 8.81. The molecule has 0 fully saturated rings. The van der Waals surface area contributed by atoms with Crippen LogP contribution in [0, 0.1) is 0 Å². The van der Waals surface area contributed by atoms with Gasteiger partial charge in [0.15, 0.2) is 0 Å². The molecule has 4 N–H and O–H groups in total. The molecule has 9 heavy (non-hydrogen) atoms. The van der Waals surface area contributed by atoms with E-state index in [4.69, 9.17) is 15.9 Å². The van der Waals surface area contributed by atoms with Crippen molar-refractivity contribution >= 4 is 0 Å². The molecule has 2 atom stereocenters. The minimum absolute atomic E-state index is 0.270. The van der Waals surface area contributed by atoms with Gasteiger partial charge in [0, 0.05) is 6.54 Å². The zero-order chi connectivity index (χ0) is 7.49.